The van der Waals surface area contributed by atoms with Crippen molar-refractivity contribution in [1.82, 2.24) is 15.0 Å². The van der Waals surface area contributed by atoms with Gasteiger partial charge in [0, 0.05) is 29.8 Å². The van der Waals surface area contributed by atoms with Crippen molar-refractivity contribution in [3.05, 3.63) is 35.9 Å². The van der Waals surface area contributed by atoms with Gasteiger partial charge in [0.2, 0.25) is 0 Å². The van der Waals surface area contributed by atoms with Crippen LogP contribution >= 0.6 is 0 Å². The van der Waals surface area contributed by atoms with Crippen LogP contribution in [0.2, 0.25) is 16.6 Å². The minimum atomic E-state index is -2.05. The summed E-state index contributed by atoms with van der Waals surface area (Å²) in [5.41, 5.74) is 7.36. The minimum Gasteiger partial charge on any atom is -0.465 e. The molecule has 33 heavy (non-hydrogen) atoms. The molecule has 0 saturated heterocycles. The van der Waals surface area contributed by atoms with Crippen molar-refractivity contribution in [2.24, 2.45) is 5.92 Å². The number of carboxylic acid groups (broad SMARTS) is 1. The van der Waals surface area contributed by atoms with Crippen LogP contribution < -0.4 is 5.32 Å². The molecule has 2 heterocycles. The Morgan fingerprint density at radius 1 is 1.12 bits per heavy atom. The number of rotatable bonds is 7. The van der Waals surface area contributed by atoms with Gasteiger partial charge in [-0.3, -0.25) is 10.3 Å². The molecule has 1 atom stereocenters. The summed E-state index contributed by atoms with van der Waals surface area (Å²) in [6, 6.07) is 5.92. The Hall–Kier alpha value is -3.23. The van der Waals surface area contributed by atoms with Gasteiger partial charge in [0.15, 0.2) is 11.5 Å². The number of amides is 1. The lowest BCUT2D eigenvalue weighted by Gasteiger charge is -2.38. The van der Waals surface area contributed by atoms with Gasteiger partial charge < -0.3 is 5.11 Å². The maximum absolute atomic E-state index is 11.3. The Morgan fingerprint density at radius 2 is 1.76 bits per heavy atom. The third-order valence-electron chi connectivity index (χ3n) is 6.11. The lowest BCUT2D eigenvalue weighted by atomic mass is 10.0. The van der Waals surface area contributed by atoms with E-state index in [1.165, 1.54) is 6.20 Å². The number of anilines is 1. The zero-order valence-electron chi connectivity index (χ0n) is 20.5. The van der Waals surface area contributed by atoms with Crippen LogP contribution in [0.25, 0.3) is 11.3 Å². The number of hydrogen-bond acceptors (Lipinski definition) is 5. The molecule has 174 valence electrons. The highest BCUT2D eigenvalue weighted by Crippen LogP contribution is 2.40. The van der Waals surface area contributed by atoms with Gasteiger partial charge in [-0.25, -0.2) is 14.8 Å². The van der Waals surface area contributed by atoms with E-state index in [2.05, 4.69) is 79.3 Å². The molecule has 1 unspecified atom stereocenters. The fraction of sp³-hybridized carbons (Fsp3) is 0.480. The Balaban J connectivity index is 2.61. The maximum atomic E-state index is 11.3. The number of pyridine rings is 1. The number of nitrogens with one attached hydrogen (secondary N) is 1. The standard InChI is InChI=1S/C25H33N5O2Si/c1-16(2)33(17(3)4,18(5)6)11-9-22-24(30-25(31)32)28-15-23(29-22)20-8-10-27-21(13-20)12-19(7)14-26/h8,10,13,15-19H,12H2,1-7H3,(H,28,30)(H,31,32). The van der Waals surface area contributed by atoms with Crippen LogP contribution in [-0.4, -0.2) is 34.2 Å². The van der Waals surface area contributed by atoms with Crippen LogP contribution in [0.15, 0.2) is 24.5 Å². The summed E-state index contributed by atoms with van der Waals surface area (Å²) in [5.74, 6) is 3.20. The molecule has 1 amide bonds. The fourth-order valence-electron chi connectivity index (χ4n) is 4.52. The molecule has 8 heteroatoms. The number of carbonyl (C=O) groups is 1. The Kier molecular flexibility index (Phi) is 8.73. The average Bonchev–Trinajstić information content (AvgIpc) is 2.74. The lowest BCUT2D eigenvalue weighted by molar-refractivity contribution is 0.209. The highest BCUT2D eigenvalue weighted by molar-refractivity contribution is 6.90. The monoisotopic (exact) mass is 463 g/mol. The topological polar surface area (TPSA) is 112 Å². The zero-order valence-corrected chi connectivity index (χ0v) is 21.5. The number of hydrogen-bond donors (Lipinski definition) is 2. The van der Waals surface area contributed by atoms with Crippen LogP contribution in [0.3, 0.4) is 0 Å². The van der Waals surface area contributed by atoms with Crippen LogP contribution in [0.4, 0.5) is 10.6 Å². The first kappa shape index (κ1) is 26.0. The minimum absolute atomic E-state index is 0.130. The summed E-state index contributed by atoms with van der Waals surface area (Å²) >= 11 is 0. The van der Waals surface area contributed by atoms with E-state index in [4.69, 9.17) is 5.26 Å². The Bertz CT molecular complexity index is 1070. The molecule has 2 rings (SSSR count). The molecule has 0 spiro atoms. The van der Waals surface area contributed by atoms with Crippen LogP contribution in [-0.2, 0) is 6.42 Å². The maximum Gasteiger partial charge on any atom is 0.410 e. The van der Waals surface area contributed by atoms with E-state index in [-0.39, 0.29) is 11.7 Å². The summed E-state index contributed by atoms with van der Waals surface area (Å²) in [7, 11) is -2.05. The molecular formula is C25H33N5O2Si. The van der Waals surface area contributed by atoms with Crippen molar-refractivity contribution in [3.63, 3.8) is 0 Å². The largest absolute Gasteiger partial charge is 0.465 e. The predicted molar refractivity (Wildman–Crippen MR) is 133 cm³/mol. The van der Waals surface area contributed by atoms with Crippen molar-refractivity contribution in [3.8, 4) is 28.8 Å². The van der Waals surface area contributed by atoms with Gasteiger partial charge >= 0.3 is 6.09 Å². The second-order valence-electron chi connectivity index (χ2n) is 9.30. The Morgan fingerprint density at radius 3 is 2.30 bits per heavy atom. The molecule has 2 aromatic rings. The van der Waals surface area contributed by atoms with Crippen LogP contribution in [0, 0.1) is 28.7 Å². The molecule has 0 aliphatic heterocycles. The number of nitrogens with zero attached hydrogens (tertiary/aromatic N) is 4. The highest BCUT2D eigenvalue weighted by Gasteiger charge is 2.41. The second kappa shape index (κ2) is 11.1. The normalized spacial score (nSPS) is 12.3. The smallest absolute Gasteiger partial charge is 0.410 e. The van der Waals surface area contributed by atoms with Crippen LogP contribution in [0.1, 0.15) is 59.9 Å². The second-order valence-corrected chi connectivity index (χ2v) is 14.9. The molecule has 0 fully saturated rings. The van der Waals surface area contributed by atoms with E-state index in [1.807, 2.05) is 19.1 Å². The van der Waals surface area contributed by atoms with Crippen molar-refractivity contribution >= 4 is 20.0 Å². The van der Waals surface area contributed by atoms with Crippen molar-refractivity contribution < 1.29 is 9.90 Å². The molecule has 2 N–H and O–H groups in total. The summed E-state index contributed by atoms with van der Waals surface area (Å²) < 4.78 is 0. The van der Waals surface area contributed by atoms with E-state index in [9.17, 15) is 9.90 Å². The molecule has 2 aromatic heterocycles. The van der Waals surface area contributed by atoms with E-state index >= 15 is 0 Å². The quantitative estimate of drug-likeness (QED) is 0.390. The van der Waals surface area contributed by atoms with E-state index in [0.717, 1.165) is 11.3 Å². The fourth-order valence-corrected chi connectivity index (χ4v) is 9.72. The van der Waals surface area contributed by atoms with Gasteiger partial charge in [0.05, 0.1) is 18.0 Å². The first-order valence-electron chi connectivity index (χ1n) is 11.3. The molecular weight excluding hydrogens is 430 g/mol. The lowest BCUT2D eigenvalue weighted by Crippen LogP contribution is -2.43. The van der Waals surface area contributed by atoms with E-state index in [1.54, 1.807) is 6.20 Å². The van der Waals surface area contributed by atoms with Gasteiger partial charge in [-0.2, -0.15) is 5.26 Å². The highest BCUT2D eigenvalue weighted by atomic mass is 28.3. The van der Waals surface area contributed by atoms with Crippen molar-refractivity contribution in [2.75, 3.05) is 5.32 Å². The molecule has 0 bridgehead atoms. The molecule has 0 saturated carbocycles. The average molecular weight is 464 g/mol. The van der Waals surface area contributed by atoms with Crippen molar-refractivity contribution in [2.45, 2.75) is 71.5 Å². The van der Waals surface area contributed by atoms with E-state index in [0.29, 0.717) is 34.4 Å². The van der Waals surface area contributed by atoms with Gasteiger partial charge in [-0.1, -0.05) is 47.5 Å². The summed E-state index contributed by atoms with van der Waals surface area (Å²) in [6.07, 6.45) is 2.53. The van der Waals surface area contributed by atoms with Gasteiger partial charge in [0.25, 0.3) is 0 Å². The zero-order chi connectivity index (χ0) is 24.8. The van der Waals surface area contributed by atoms with Gasteiger partial charge in [0.1, 0.15) is 8.07 Å². The third kappa shape index (κ3) is 6.18. The summed E-state index contributed by atoms with van der Waals surface area (Å²) in [6.45, 7) is 15.2. The van der Waals surface area contributed by atoms with Gasteiger partial charge in [-0.05, 0) is 35.7 Å². The summed E-state index contributed by atoms with van der Waals surface area (Å²) in [5, 5.41) is 20.7. The first-order valence-corrected chi connectivity index (χ1v) is 13.5. The Labute approximate surface area is 197 Å². The number of nitriles is 1. The molecule has 0 aromatic carbocycles. The predicted octanol–water partition coefficient (Wildman–Crippen LogP) is 5.90. The van der Waals surface area contributed by atoms with Gasteiger partial charge in [-0.15, -0.1) is 5.54 Å². The molecule has 0 radical (unpaired) electrons. The van der Waals surface area contributed by atoms with Crippen molar-refractivity contribution in [1.29, 1.82) is 5.26 Å². The first-order chi connectivity index (χ1) is 15.5. The van der Waals surface area contributed by atoms with Crippen LogP contribution in [0.5, 0.6) is 0 Å². The third-order valence-corrected chi connectivity index (χ3v) is 12.4. The molecule has 0 aliphatic rings. The molecule has 0 aliphatic carbocycles. The summed E-state index contributed by atoms with van der Waals surface area (Å²) in [4.78, 5) is 24.7. The molecule has 7 nitrogen and oxygen atoms in total. The van der Waals surface area contributed by atoms with E-state index < -0.39 is 14.2 Å². The number of aromatic nitrogens is 3. The SMILES string of the molecule is CC(C#N)Cc1cc(-c2cnc(NC(=O)O)c(C#C[Si](C(C)C)(C(C)C)C(C)C)n2)ccn1.